The monoisotopic (exact) mass is 365 g/mol. The Kier molecular flexibility index (Phi) is 5.24. The Labute approximate surface area is 145 Å². The molecule has 0 aliphatic heterocycles. The molecule has 0 aliphatic rings. The fourth-order valence-corrected chi connectivity index (χ4v) is 2.42. The number of rotatable bonds is 5. The van der Waals surface area contributed by atoms with Crippen LogP contribution in [0.2, 0.25) is 0 Å². The molecule has 8 nitrogen and oxygen atoms in total. The van der Waals surface area contributed by atoms with Gasteiger partial charge in [0.15, 0.2) is 0 Å². The highest BCUT2D eigenvalue weighted by molar-refractivity contribution is 5.97. The summed E-state index contributed by atoms with van der Waals surface area (Å²) in [5, 5.41) is 24.4. The van der Waals surface area contributed by atoms with Gasteiger partial charge in [-0.15, -0.1) is 0 Å². The second-order valence-corrected chi connectivity index (χ2v) is 5.51. The lowest BCUT2D eigenvalue weighted by atomic mass is 10.0. The van der Waals surface area contributed by atoms with Crippen molar-refractivity contribution in [3.63, 3.8) is 0 Å². The third-order valence-electron chi connectivity index (χ3n) is 3.79. The second-order valence-electron chi connectivity index (χ2n) is 5.51. The molecule has 1 amide bonds. The molecular formula is C16H13F2N3O5. The molecule has 26 heavy (non-hydrogen) atoms. The number of nitrogens with one attached hydrogen (secondary N) is 1. The van der Waals surface area contributed by atoms with Crippen molar-refractivity contribution in [1.82, 2.24) is 5.32 Å². The van der Waals surface area contributed by atoms with Gasteiger partial charge in [0.25, 0.3) is 17.3 Å². The fourth-order valence-electron chi connectivity index (χ4n) is 2.42. The molecule has 1 atom stereocenters. The van der Waals surface area contributed by atoms with Crippen LogP contribution < -0.4 is 5.32 Å². The number of nitrogens with zero attached hydrogens (tertiary/aromatic N) is 2. The van der Waals surface area contributed by atoms with Crippen molar-refractivity contribution in [2.24, 2.45) is 0 Å². The number of hydrogen-bond acceptors (Lipinski definition) is 5. The minimum absolute atomic E-state index is 0.00247. The van der Waals surface area contributed by atoms with Crippen LogP contribution in [0.5, 0.6) is 0 Å². The average Bonchev–Trinajstić information content (AvgIpc) is 2.54. The van der Waals surface area contributed by atoms with Gasteiger partial charge in [-0.1, -0.05) is 6.07 Å². The molecule has 0 heterocycles. The zero-order chi connectivity index (χ0) is 19.6. The van der Waals surface area contributed by atoms with Crippen molar-refractivity contribution in [3.8, 4) is 0 Å². The van der Waals surface area contributed by atoms with Gasteiger partial charge in [0.2, 0.25) is 0 Å². The lowest BCUT2D eigenvalue weighted by molar-refractivity contribution is -0.394. The van der Waals surface area contributed by atoms with Crippen molar-refractivity contribution in [1.29, 1.82) is 0 Å². The molecular weight excluding hydrogens is 352 g/mol. The molecule has 0 saturated carbocycles. The molecule has 0 fully saturated rings. The van der Waals surface area contributed by atoms with Gasteiger partial charge < -0.3 is 5.32 Å². The minimum atomic E-state index is -0.902. The van der Waals surface area contributed by atoms with Crippen molar-refractivity contribution in [3.05, 3.63) is 78.9 Å². The Bertz CT molecular complexity index is 917. The highest BCUT2D eigenvalue weighted by atomic mass is 19.1. The molecule has 2 aromatic rings. The summed E-state index contributed by atoms with van der Waals surface area (Å²) >= 11 is 0. The first-order valence-electron chi connectivity index (χ1n) is 7.31. The van der Waals surface area contributed by atoms with E-state index < -0.39 is 44.8 Å². The van der Waals surface area contributed by atoms with Crippen molar-refractivity contribution in [2.45, 2.75) is 19.9 Å². The van der Waals surface area contributed by atoms with Gasteiger partial charge in [0.05, 0.1) is 27.5 Å². The van der Waals surface area contributed by atoms with E-state index in [1.807, 2.05) is 0 Å². The number of carbonyl (C=O) groups excluding carboxylic acids is 1. The van der Waals surface area contributed by atoms with Crippen molar-refractivity contribution >= 4 is 17.3 Å². The lowest BCUT2D eigenvalue weighted by Crippen LogP contribution is -2.28. The summed E-state index contributed by atoms with van der Waals surface area (Å²) in [4.78, 5) is 32.7. The fraction of sp³-hybridized carbons (Fsp3) is 0.188. The Morgan fingerprint density at radius 3 is 2.31 bits per heavy atom. The first-order valence-corrected chi connectivity index (χ1v) is 7.31. The summed E-state index contributed by atoms with van der Waals surface area (Å²) in [6, 6.07) is 3.59. The van der Waals surface area contributed by atoms with E-state index in [4.69, 9.17) is 0 Å². The highest BCUT2D eigenvalue weighted by Gasteiger charge is 2.26. The quantitative estimate of drug-likeness (QED) is 0.642. The molecule has 0 spiro atoms. The molecule has 0 radical (unpaired) electrons. The van der Waals surface area contributed by atoms with E-state index >= 15 is 0 Å². The number of benzene rings is 2. The molecule has 0 bridgehead atoms. The number of amides is 1. The maximum absolute atomic E-state index is 13.8. The van der Waals surface area contributed by atoms with Gasteiger partial charge in [-0.05, 0) is 19.9 Å². The normalized spacial score (nSPS) is 11.7. The van der Waals surface area contributed by atoms with E-state index in [1.165, 1.54) is 13.8 Å². The van der Waals surface area contributed by atoms with Gasteiger partial charge >= 0.3 is 0 Å². The van der Waals surface area contributed by atoms with Crippen molar-refractivity contribution in [2.75, 3.05) is 0 Å². The van der Waals surface area contributed by atoms with Gasteiger partial charge in [-0.3, -0.25) is 25.0 Å². The number of nitro benzene ring substituents is 2. The van der Waals surface area contributed by atoms with Crippen molar-refractivity contribution < 1.29 is 23.4 Å². The zero-order valence-corrected chi connectivity index (χ0v) is 13.7. The van der Waals surface area contributed by atoms with E-state index in [-0.39, 0.29) is 16.7 Å². The Morgan fingerprint density at radius 1 is 1.12 bits per heavy atom. The Balaban J connectivity index is 2.39. The minimum Gasteiger partial charge on any atom is -0.345 e. The molecule has 0 saturated heterocycles. The first kappa shape index (κ1) is 18.9. The Morgan fingerprint density at radius 2 is 1.77 bits per heavy atom. The number of halogens is 2. The van der Waals surface area contributed by atoms with Crippen LogP contribution in [0, 0.1) is 38.8 Å². The van der Waals surface area contributed by atoms with Crippen LogP contribution >= 0.6 is 0 Å². The summed E-state index contributed by atoms with van der Waals surface area (Å²) in [5.41, 5.74) is -1.54. The number of hydrogen-bond donors (Lipinski definition) is 1. The number of carbonyl (C=O) groups is 1. The second kappa shape index (κ2) is 7.21. The summed E-state index contributed by atoms with van der Waals surface area (Å²) < 4.78 is 26.8. The molecule has 10 heteroatoms. The third kappa shape index (κ3) is 3.79. The van der Waals surface area contributed by atoms with Gasteiger partial charge in [-0.2, -0.15) is 0 Å². The summed E-state index contributed by atoms with van der Waals surface area (Å²) in [6.45, 7) is 2.70. The molecule has 0 aromatic heterocycles. The summed E-state index contributed by atoms with van der Waals surface area (Å²) in [5.74, 6) is -2.51. The van der Waals surface area contributed by atoms with Gasteiger partial charge in [-0.25, -0.2) is 8.78 Å². The number of non-ortho nitro benzene ring substituents is 1. The smallest absolute Gasteiger partial charge is 0.279 e. The molecule has 1 N–H and O–H groups in total. The average molecular weight is 365 g/mol. The number of nitro groups is 2. The first-order chi connectivity index (χ1) is 12.1. The van der Waals surface area contributed by atoms with Gasteiger partial charge in [0, 0.05) is 23.3 Å². The third-order valence-corrected chi connectivity index (χ3v) is 3.79. The van der Waals surface area contributed by atoms with Crippen LogP contribution in [0.25, 0.3) is 0 Å². The SMILES string of the molecule is Cc1c(C(=O)NC(C)c2ccc(F)cc2F)cc([N+](=O)[O-])cc1[N+](=O)[O-]. The molecule has 1 unspecified atom stereocenters. The van der Waals surface area contributed by atoms with Crippen LogP contribution in [0.4, 0.5) is 20.2 Å². The zero-order valence-electron chi connectivity index (χ0n) is 13.7. The molecule has 2 rings (SSSR count). The van der Waals surface area contributed by atoms with Crippen LogP contribution in [0.15, 0.2) is 30.3 Å². The molecule has 0 aliphatic carbocycles. The topological polar surface area (TPSA) is 115 Å². The molecule has 2 aromatic carbocycles. The predicted octanol–water partition coefficient (Wildman–Crippen LogP) is 3.58. The lowest BCUT2D eigenvalue weighted by Gasteiger charge is -2.16. The van der Waals surface area contributed by atoms with Crippen LogP contribution in [0.3, 0.4) is 0 Å². The maximum atomic E-state index is 13.8. The highest BCUT2D eigenvalue weighted by Crippen LogP contribution is 2.28. The largest absolute Gasteiger partial charge is 0.345 e. The van der Waals surface area contributed by atoms with E-state index in [1.54, 1.807) is 0 Å². The van der Waals surface area contributed by atoms with Gasteiger partial charge in [0.1, 0.15) is 11.6 Å². The van der Waals surface area contributed by atoms with Crippen LogP contribution in [-0.2, 0) is 0 Å². The van der Waals surface area contributed by atoms with E-state index in [9.17, 15) is 33.8 Å². The van der Waals surface area contributed by atoms with E-state index in [2.05, 4.69) is 5.32 Å². The van der Waals surface area contributed by atoms with E-state index in [0.29, 0.717) is 6.07 Å². The Hall–Kier alpha value is -3.43. The van der Waals surface area contributed by atoms with Crippen LogP contribution in [0.1, 0.15) is 34.5 Å². The standard InChI is InChI=1S/C16H13F2N3O5/c1-8-13(6-11(20(23)24)7-15(8)21(25)26)16(22)19-9(2)12-4-3-10(17)5-14(12)18/h3-7,9H,1-2H3,(H,19,22). The predicted molar refractivity (Wildman–Crippen MR) is 86.7 cm³/mol. The molecule has 136 valence electrons. The maximum Gasteiger partial charge on any atom is 0.279 e. The van der Waals surface area contributed by atoms with Crippen LogP contribution in [-0.4, -0.2) is 15.8 Å². The van der Waals surface area contributed by atoms with E-state index in [0.717, 1.165) is 24.3 Å². The summed E-state index contributed by atoms with van der Waals surface area (Å²) in [6.07, 6.45) is 0. The summed E-state index contributed by atoms with van der Waals surface area (Å²) in [7, 11) is 0.